The summed E-state index contributed by atoms with van der Waals surface area (Å²) in [5, 5.41) is 48.6. The molecule has 3 aliphatic rings. The van der Waals surface area contributed by atoms with Gasteiger partial charge in [-0.05, 0) is 80.7 Å². The number of carbonyl (C=O) groups is 3. The van der Waals surface area contributed by atoms with E-state index >= 15 is 0 Å². The Morgan fingerprint density at radius 2 is 1.86 bits per heavy atom. The zero-order valence-electron chi connectivity index (χ0n) is 24.6. The number of nitrogens with one attached hydrogen (secondary N) is 1. The van der Waals surface area contributed by atoms with Crippen molar-refractivity contribution < 1.29 is 39.5 Å². The van der Waals surface area contributed by atoms with Gasteiger partial charge in [-0.2, -0.15) is 0 Å². The van der Waals surface area contributed by atoms with Gasteiger partial charge in [0.05, 0.1) is 18.7 Å². The molecule has 228 valence electrons. The molecule has 0 radical (unpaired) electrons. The third kappa shape index (κ3) is 4.59. The molecule has 0 saturated heterocycles. The first-order chi connectivity index (χ1) is 20.4. The number of ether oxygens (including phenoxy) is 1. The van der Waals surface area contributed by atoms with E-state index in [1.165, 1.54) is 11.0 Å². The smallest absolute Gasteiger partial charge is 0.255 e. The van der Waals surface area contributed by atoms with Gasteiger partial charge in [0.2, 0.25) is 5.78 Å². The number of benzene rings is 2. The first-order valence-corrected chi connectivity index (χ1v) is 14.3. The molecule has 0 fully saturated rings. The monoisotopic (exact) mass is 591 g/mol. The predicted molar refractivity (Wildman–Crippen MR) is 158 cm³/mol. The van der Waals surface area contributed by atoms with Crippen LogP contribution in [-0.2, 0) is 22.6 Å². The molecule has 11 nitrogen and oxygen atoms in total. The molecule has 0 heterocycles. The van der Waals surface area contributed by atoms with E-state index in [1.807, 2.05) is 18.2 Å². The number of rotatable bonds is 8. The SMILES string of the molecule is CCCNCc1ccc(OC)c(-c2ccc(O)c3c2C[C@H]2C[C@@H]4C(N(C)C)C(O)=C(C(N)=O)C(=O)[C@@]4(O)C(O)=C2C3=O)c1. The van der Waals surface area contributed by atoms with Crippen molar-refractivity contribution >= 4 is 17.5 Å². The number of nitrogens with two attached hydrogens (primary N) is 1. The summed E-state index contributed by atoms with van der Waals surface area (Å²) in [6.45, 7) is 3.55. The fourth-order valence-corrected chi connectivity index (χ4v) is 6.99. The number of Topliss-reactive ketones (excluding diaryl/α,β-unsaturated/α-hetero) is 2. The van der Waals surface area contributed by atoms with E-state index in [1.54, 1.807) is 27.3 Å². The van der Waals surface area contributed by atoms with Crippen molar-refractivity contribution in [1.82, 2.24) is 10.2 Å². The van der Waals surface area contributed by atoms with Crippen molar-refractivity contribution in [3.63, 3.8) is 0 Å². The van der Waals surface area contributed by atoms with Crippen molar-refractivity contribution in [1.29, 1.82) is 0 Å². The van der Waals surface area contributed by atoms with E-state index in [0.717, 1.165) is 24.1 Å². The van der Waals surface area contributed by atoms with Crippen molar-refractivity contribution in [2.24, 2.45) is 17.6 Å². The van der Waals surface area contributed by atoms with Crippen LogP contribution in [0.3, 0.4) is 0 Å². The Hall–Kier alpha value is -4.19. The molecule has 7 N–H and O–H groups in total. The minimum absolute atomic E-state index is 0.0129. The van der Waals surface area contributed by atoms with Crippen LogP contribution in [-0.4, -0.2) is 82.2 Å². The molecule has 2 aromatic carbocycles. The Kier molecular flexibility index (Phi) is 7.84. The Morgan fingerprint density at radius 1 is 1.14 bits per heavy atom. The molecule has 0 bridgehead atoms. The third-order valence-electron chi connectivity index (χ3n) is 8.92. The van der Waals surface area contributed by atoms with Crippen LogP contribution in [0.4, 0.5) is 0 Å². The Labute approximate surface area is 249 Å². The molecule has 1 unspecified atom stereocenters. The number of carbonyl (C=O) groups excluding carboxylic acids is 3. The van der Waals surface area contributed by atoms with Crippen LogP contribution in [0.2, 0.25) is 0 Å². The lowest BCUT2D eigenvalue weighted by Crippen LogP contribution is -2.63. The van der Waals surface area contributed by atoms with Gasteiger partial charge in [-0.15, -0.1) is 0 Å². The van der Waals surface area contributed by atoms with Crippen LogP contribution in [0.15, 0.2) is 53.0 Å². The lowest BCUT2D eigenvalue weighted by Gasteiger charge is -2.50. The molecule has 0 aliphatic heterocycles. The number of nitrogens with zero attached hydrogens (tertiary/aromatic N) is 1. The van der Waals surface area contributed by atoms with Crippen LogP contribution < -0.4 is 15.8 Å². The molecule has 4 atom stereocenters. The summed E-state index contributed by atoms with van der Waals surface area (Å²) in [6, 6.07) is 7.83. The maximum absolute atomic E-state index is 14.1. The van der Waals surface area contributed by atoms with Gasteiger partial charge in [0.15, 0.2) is 11.4 Å². The average Bonchev–Trinajstić information content (AvgIpc) is 2.95. The number of amides is 1. The second kappa shape index (κ2) is 11.1. The predicted octanol–water partition coefficient (Wildman–Crippen LogP) is 2.30. The highest BCUT2D eigenvalue weighted by Crippen LogP contribution is 2.53. The first-order valence-electron chi connectivity index (χ1n) is 14.3. The van der Waals surface area contributed by atoms with E-state index in [0.29, 0.717) is 23.4 Å². The maximum atomic E-state index is 14.1. The van der Waals surface area contributed by atoms with Crippen LogP contribution >= 0.6 is 0 Å². The van der Waals surface area contributed by atoms with Gasteiger partial charge < -0.3 is 36.2 Å². The fourth-order valence-electron chi connectivity index (χ4n) is 6.99. The number of phenols is 1. The minimum Gasteiger partial charge on any atom is -0.510 e. The van der Waals surface area contributed by atoms with Crippen molar-refractivity contribution in [3.8, 4) is 22.6 Å². The van der Waals surface area contributed by atoms with Gasteiger partial charge in [-0.1, -0.05) is 19.1 Å². The zero-order chi connectivity index (χ0) is 31.4. The molecular weight excluding hydrogens is 554 g/mol. The highest BCUT2D eigenvalue weighted by atomic mass is 16.5. The summed E-state index contributed by atoms with van der Waals surface area (Å²) in [5.41, 5.74) is 4.56. The number of allylic oxidation sites excluding steroid dienone is 1. The highest BCUT2D eigenvalue weighted by molar-refractivity contribution is 6.25. The number of hydrogen-bond acceptors (Lipinski definition) is 10. The number of likely N-dealkylation sites (N-methyl/N-ethyl adjacent to an activating group) is 1. The first kappa shape index (κ1) is 30.3. The number of ketones is 2. The molecule has 43 heavy (non-hydrogen) atoms. The second-order valence-corrected chi connectivity index (χ2v) is 11.7. The van der Waals surface area contributed by atoms with Crippen molar-refractivity contribution in [3.05, 3.63) is 69.7 Å². The second-order valence-electron chi connectivity index (χ2n) is 11.7. The fraction of sp³-hybridized carbons (Fsp3) is 0.406. The van der Waals surface area contributed by atoms with E-state index in [2.05, 4.69) is 12.2 Å². The quantitative estimate of drug-likeness (QED) is 0.197. The number of aliphatic hydroxyl groups excluding tert-OH is 2. The minimum atomic E-state index is -2.68. The van der Waals surface area contributed by atoms with Crippen LogP contribution in [0.25, 0.3) is 11.1 Å². The molecule has 5 rings (SSSR count). The summed E-state index contributed by atoms with van der Waals surface area (Å²) in [7, 11) is 4.74. The Bertz CT molecular complexity index is 1590. The van der Waals surface area contributed by atoms with Crippen LogP contribution in [0.1, 0.15) is 41.3 Å². The largest absolute Gasteiger partial charge is 0.510 e. The lowest BCUT2D eigenvalue weighted by atomic mass is 9.58. The molecule has 0 spiro atoms. The van der Waals surface area contributed by atoms with Gasteiger partial charge in [0, 0.05) is 23.6 Å². The molecule has 11 heteroatoms. The lowest BCUT2D eigenvalue weighted by molar-refractivity contribution is -0.148. The van der Waals surface area contributed by atoms with Crippen LogP contribution in [0.5, 0.6) is 11.5 Å². The van der Waals surface area contributed by atoms with Gasteiger partial charge in [-0.25, -0.2) is 0 Å². The van der Waals surface area contributed by atoms with E-state index in [4.69, 9.17) is 10.5 Å². The summed E-state index contributed by atoms with van der Waals surface area (Å²) in [5.74, 6) is -6.26. The maximum Gasteiger partial charge on any atom is 0.255 e. The molecule has 3 aliphatic carbocycles. The number of hydrogen-bond donors (Lipinski definition) is 6. The molecule has 2 aromatic rings. The molecule has 1 amide bonds. The van der Waals surface area contributed by atoms with Gasteiger partial charge >= 0.3 is 0 Å². The summed E-state index contributed by atoms with van der Waals surface area (Å²) in [6.07, 6.45) is 1.17. The van der Waals surface area contributed by atoms with Crippen LogP contribution in [0, 0.1) is 11.8 Å². The van der Waals surface area contributed by atoms with Crippen molar-refractivity contribution in [2.75, 3.05) is 27.7 Å². The van der Waals surface area contributed by atoms with E-state index in [-0.39, 0.29) is 29.7 Å². The third-order valence-corrected chi connectivity index (χ3v) is 8.92. The van der Waals surface area contributed by atoms with Gasteiger partial charge in [0.25, 0.3) is 5.91 Å². The number of fused-ring (bicyclic) bond motifs is 3. The standard InChI is InChI=1S/C32H37N3O8/c1-5-10-34-14-15-6-9-22(43-4)18(11-15)17-7-8-21(36)24-19(17)12-16-13-20-26(35(2)3)28(38)25(31(33)41)30(40)32(20,42)29(39)23(16)27(24)37/h6-9,11,16,20,26,34,36,38-39,42H,5,10,12-14H2,1-4H3,(H2,33,41)/t16-,20+,26?,32-/m0/s1. The van der Waals surface area contributed by atoms with Crippen molar-refractivity contribution in [2.45, 2.75) is 44.4 Å². The number of aliphatic hydroxyl groups is 3. The number of methoxy groups -OCH3 is 1. The Morgan fingerprint density at radius 3 is 2.49 bits per heavy atom. The van der Waals surface area contributed by atoms with Gasteiger partial charge in [-0.3, -0.25) is 19.3 Å². The zero-order valence-corrected chi connectivity index (χ0v) is 24.6. The number of aromatic hydroxyl groups is 1. The molecule has 0 aromatic heterocycles. The number of phenolic OH excluding ortho intramolecular Hbond substituents is 1. The topological polar surface area (TPSA) is 183 Å². The normalized spacial score (nSPS) is 25.0. The highest BCUT2D eigenvalue weighted by Gasteiger charge is 2.63. The van der Waals surface area contributed by atoms with E-state index in [9.17, 15) is 34.8 Å². The van der Waals surface area contributed by atoms with E-state index < -0.39 is 58.0 Å². The summed E-state index contributed by atoms with van der Waals surface area (Å²) >= 11 is 0. The average molecular weight is 592 g/mol. The molecular formula is C32H37N3O8. The summed E-state index contributed by atoms with van der Waals surface area (Å²) < 4.78 is 5.67. The van der Waals surface area contributed by atoms with Gasteiger partial charge in [0.1, 0.15) is 28.6 Å². The molecule has 0 saturated carbocycles. The Balaban J connectivity index is 1.68. The summed E-state index contributed by atoms with van der Waals surface area (Å²) in [4.78, 5) is 41.3. The number of primary amides is 1.